The number of halogens is 1. The molecule has 0 saturated carbocycles. The van der Waals surface area contributed by atoms with Crippen molar-refractivity contribution >= 4 is 27.5 Å². The molecular formula is C23H28FN3O5S. The van der Waals surface area contributed by atoms with Gasteiger partial charge < -0.3 is 15.4 Å². The van der Waals surface area contributed by atoms with Crippen molar-refractivity contribution in [3.63, 3.8) is 0 Å². The number of hydrogen-bond acceptors (Lipinski definition) is 5. The highest BCUT2D eigenvalue weighted by atomic mass is 32.2. The van der Waals surface area contributed by atoms with Crippen LogP contribution in [0.3, 0.4) is 0 Å². The van der Waals surface area contributed by atoms with Gasteiger partial charge in [-0.05, 0) is 55.7 Å². The van der Waals surface area contributed by atoms with Gasteiger partial charge in [0.05, 0.1) is 19.6 Å². The first kappa shape index (κ1) is 24.7. The molecule has 8 nitrogen and oxygen atoms in total. The highest BCUT2D eigenvalue weighted by molar-refractivity contribution is 7.89. The van der Waals surface area contributed by atoms with Crippen LogP contribution in [0.1, 0.15) is 31.7 Å². The van der Waals surface area contributed by atoms with Crippen LogP contribution in [0, 0.1) is 5.82 Å². The van der Waals surface area contributed by atoms with Crippen LogP contribution >= 0.6 is 0 Å². The van der Waals surface area contributed by atoms with Gasteiger partial charge in [-0.3, -0.25) is 9.59 Å². The molecule has 0 bridgehead atoms. The molecule has 1 aliphatic rings. The number of nitrogens with zero attached hydrogens (tertiary/aromatic N) is 1. The molecule has 3 rings (SSSR count). The maximum absolute atomic E-state index is 13.2. The molecular weight excluding hydrogens is 449 g/mol. The Bertz CT molecular complexity index is 1100. The summed E-state index contributed by atoms with van der Waals surface area (Å²) < 4.78 is 46.6. The van der Waals surface area contributed by atoms with E-state index in [9.17, 15) is 22.4 Å². The van der Waals surface area contributed by atoms with Crippen molar-refractivity contribution in [3.8, 4) is 5.75 Å². The van der Waals surface area contributed by atoms with Crippen LogP contribution in [-0.2, 0) is 26.0 Å². The molecule has 2 aromatic rings. The van der Waals surface area contributed by atoms with E-state index in [1.54, 1.807) is 19.1 Å². The summed E-state index contributed by atoms with van der Waals surface area (Å²) in [6.45, 7) is 2.64. The number of amides is 2. The fraction of sp³-hybridized carbons (Fsp3) is 0.391. The summed E-state index contributed by atoms with van der Waals surface area (Å²) in [6, 6.07) is 10.1. The molecule has 33 heavy (non-hydrogen) atoms. The lowest BCUT2D eigenvalue weighted by atomic mass is 10.1. The van der Waals surface area contributed by atoms with Gasteiger partial charge in [-0.25, -0.2) is 12.8 Å². The molecule has 10 heteroatoms. The van der Waals surface area contributed by atoms with E-state index in [4.69, 9.17) is 4.74 Å². The molecule has 2 amide bonds. The van der Waals surface area contributed by atoms with E-state index in [0.717, 1.165) is 19.3 Å². The first-order chi connectivity index (χ1) is 15.8. The third kappa shape index (κ3) is 6.75. The lowest BCUT2D eigenvalue weighted by Gasteiger charge is -2.27. The molecule has 0 spiro atoms. The zero-order valence-corrected chi connectivity index (χ0v) is 19.3. The van der Waals surface area contributed by atoms with E-state index in [1.165, 1.54) is 34.6 Å². The van der Waals surface area contributed by atoms with E-state index < -0.39 is 27.7 Å². The number of nitrogens with one attached hydrogen (secondary N) is 2. The summed E-state index contributed by atoms with van der Waals surface area (Å²) in [4.78, 5) is 24.4. The SMILES string of the molecule is CCOc1ccc(NC(=O)CNC(=O)Cc2cccc(F)c2)cc1S(=O)(=O)N1CCCCC1. The minimum atomic E-state index is -3.78. The Morgan fingerprint density at radius 3 is 2.52 bits per heavy atom. The summed E-state index contributed by atoms with van der Waals surface area (Å²) in [5.74, 6) is -1.17. The molecule has 0 aromatic heterocycles. The topological polar surface area (TPSA) is 105 Å². The van der Waals surface area contributed by atoms with Gasteiger partial charge in [0.2, 0.25) is 21.8 Å². The van der Waals surface area contributed by atoms with E-state index >= 15 is 0 Å². The number of carbonyl (C=O) groups excluding carboxylic acids is 2. The van der Waals surface area contributed by atoms with Crippen LogP contribution in [-0.4, -0.2) is 50.8 Å². The van der Waals surface area contributed by atoms with Gasteiger partial charge in [0.25, 0.3) is 0 Å². The van der Waals surface area contributed by atoms with Crippen molar-refractivity contribution in [1.82, 2.24) is 9.62 Å². The molecule has 1 fully saturated rings. The predicted octanol–water partition coefficient (Wildman–Crippen LogP) is 2.70. The fourth-order valence-electron chi connectivity index (χ4n) is 3.59. The number of anilines is 1. The number of hydrogen-bond donors (Lipinski definition) is 2. The van der Waals surface area contributed by atoms with Crippen LogP contribution in [0.2, 0.25) is 0 Å². The molecule has 0 atom stereocenters. The van der Waals surface area contributed by atoms with Crippen LogP contribution in [0.5, 0.6) is 5.75 Å². The monoisotopic (exact) mass is 477 g/mol. The van der Waals surface area contributed by atoms with Gasteiger partial charge in [0, 0.05) is 18.8 Å². The third-order valence-electron chi connectivity index (χ3n) is 5.16. The molecule has 2 N–H and O–H groups in total. The van der Waals surface area contributed by atoms with E-state index in [0.29, 0.717) is 25.3 Å². The van der Waals surface area contributed by atoms with Crippen LogP contribution in [0.25, 0.3) is 0 Å². The lowest BCUT2D eigenvalue weighted by molar-refractivity contribution is -0.123. The number of carbonyl (C=O) groups is 2. The number of ether oxygens (including phenoxy) is 1. The Kier molecular flexibility index (Phi) is 8.40. The van der Waals surface area contributed by atoms with Gasteiger partial charge >= 0.3 is 0 Å². The second-order valence-corrected chi connectivity index (χ2v) is 9.60. The van der Waals surface area contributed by atoms with Crippen molar-refractivity contribution < 1.29 is 27.1 Å². The first-order valence-corrected chi connectivity index (χ1v) is 12.3. The Morgan fingerprint density at radius 2 is 1.82 bits per heavy atom. The average Bonchev–Trinajstić information content (AvgIpc) is 2.79. The molecule has 2 aromatic carbocycles. The Hall–Kier alpha value is -2.98. The molecule has 178 valence electrons. The third-order valence-corrected chi connectivity index (χ3v) is 7.08. The van der Waals surface area contributed by atoms with Crippen LogP contribution in [0.4, 0.5) is 10.1 Å². The summed E-state index contributed by atoms with van der Waals surface area (Å²) in [7, 11) is -3.78. The maximum atomic E-state index is 13.2. The van der Waals surface area contributed by atoms with Crippen molar-refractivity contribution in [2.75, 3.05) is 31.6 Å². The van der Waals surface area contributed by atoms with Crippen LogP contribution < -0.4 is 15.4 Å². The van der Waals surface area contributed by atoms with Gasteiger partial charge in [0.1, 0.15) is 16.5 Å². The minimum absolute atomic E-state index is 0.000750. The number of sulfonamides is 1. The summed E-state index contributed by atoms with van der Waals surface area (Å²) >= 11 is 0. The second-order valence-electron chi connectivity index (χ2n) is 7.69. The van der Waals surface area contributed by atoms with Gasteiger partial charge in [-0.2, -0.15) is 4.31 Å². The van der Waals surface area contributed by atoms with Crippen molar-refractivity contribution in [2.45, 2.75) is 37.5 Å². The Balaban J connectivity index is 1.65. The quantitative estimate of drug-likeness (QED) is 0.578. The number of rotatable bonds is 9. The standard InChI is InChI=1S/C23H28FN3O5S/c1-2-32-20-10-9-19(15-21(20)33(30,31)27-11-4-3-5-12-27)26-23(29)16-25-22(28)14-17-7-6-8-18(24)13-17/h6-10,13,15H,2-5,11-12,14,16H2,1H3,(H,25,28)(H,26,29). The Morgan fingerprint density at radius 1 is 1.06 bits per heavy atom. The summed E-state index contributed by atoms with van der Waals surface area (Å²) in [6.07, 6.45) is 2.53. The highest BCUT2D eigenvalue weighted by Crippen LogP contribution is 2.31. The first-order valence-electron chi connectivity index (χ1n) is 10.9. The predicted molar refractivity (Wildman–Crippen MR) is 122 cm³/mol. The molecule has 0 unspecified atom stereocenters. The van der Waals surface area contributed by atoms with E-state index in [2.05, 4.69) is 10.6 Å². The highest BCUT2D eigenvalue weighted by Gasteiger charge is 2.29. The van der Waals surface area contributed by atoms with Gasteiger partial charge in [-0.15, -0.1) is 0 Å². The van der Waals surface area contributed by atoms with Crippen LogP contribution in [0.15, 0.2) is 47.4 Å². The lowest BCUT2D eigenvalue weighted by Crippen LogP contribution is -2.36. The van der Waals surface area contributed by atoms with Crippen molar-refractivity contribution in [2.24, 2.45) is 0 Å². The zero-order chi connectivity index (χ0) is 23.8. The molecule has 1 saturated heterocycles. The normalized spacial score (nSPS) is 14.5. The minimum Gasteiger partial charge on any atom is -0.492 e. The molecule has 0 radical (unpaired) electrons. The summed E-state index contributed by atoms with van der Waals surface area (Å²) in [5, 5.41) is 5.08. The van der Waals surface area contributed by atoms with E-state index in [1.807, 2.05) is 0 Å². The number of benzene rings is 2. The van der Waals surface area contributed by atoms with Gasteiger partial charge in [0.15, 0.2) is 0 Å². The van der Waals surface area contributed by atoms with E-state index in [-0.39, 0.29) is 29.3 Å². The Labute approximate surface area is 193 Å². The molecule has 1 aliphatic heterocycles. The second kappa shape index (κ2) is 11.2. The zero-order valence-electron chi connectivity index (χ0n) is 18.5. The summed E-state index contributed by atoms with van der Waals surface area (Å²) in [5.41, 5.74) is 0.769. The van der Waals surface area contributed by atoms with Gasteiger partial charge in [-0.1, -0.05) is 18.6 Å². The molecule has 0 aliphatic carbocycles. The smallest absolute Gasteiger partial charge is 0.246 e. The largest absolute Gasteiger partial charge is 0.492 e. The molecule has 1 heterocycles. The maximum Gasteiger partial charge on any atom is 0.246 e. The fourth-order valence-corrected chi connectivity index (χ4v) is 5.26. The number of piperidine rings is 1. The average molecular weight is 478 g/mol. The van der Waals surface area contributed by atoms with Crippen molar-refractivity contribution in [3.05, 3.63) is 53.8 Å². The van der Waals surface area contributed by atoms with Crippen molar-refractivity contribution in [1.29, 1.82) is 0 Å².